The average molecular weight is 315 g/mol. The lowest BCUT2D eigenvalue weighted by atomic mass is 10.4. The van der Waals surface area contributed by atoms with Crippen molar-refractivity contribution in [2.24, 2.45) is 0 Å². The van der Waals surface area contributed by atoms with Crippen LogP contribution in [0.4, 0.5) is 0 Å². The fraction of sp³-hybridized carbons (Fsp3) is 0.875. The molecule has 2 unspecified atom stereocenters. The number of hydrogen-bond donors (Lipinski definition) is 1. The molecule has 0 radical (unpaired) electrons. The highest BCUT2D eigenvalue weighted by Crippen LogP contribution is 2.30. The van der Waals surface area contributed by atoms with Gasteiger partial charge in [-0.25, -0.2) is 16.8 Å². The minimum atomic E-state index is -3.85. The van der Waals surface area contributed by atoms with Gasteiger partial charge in [0.25, 0.3) is 0 Å². The monoisotopic (exact) mass is 315 g/mol. The van der Waals surface area contributed by atoms with Crippen molar-refractivity contribution in [2.75, 3.05) is 23.1 Å². The van der Waals surface area contributed by atoms with E-state index in [4.69, 9.17) is 5.11 Å². The van der Waals surface area contributed by atoms with Crippen molar-refractivity contribution in [3.05, 3.63) is 0 Å². The Morgan fingerprint density at radius 3 is 2.56 bits per heavy atom. The van der Waals surface area contributed by atoms with Crippen molar-refractivity contribution in [1.29, 1.82) is 0 Å². The van der Waals surface area contributed by atoms with Gasteiger partial charge in [-0.15, -0.1) is 11.8 Å². The fourth-order valence-corrected chi connectivity index (χ4v) is 8.30. The molecular formula is C8H13NO6S3. The first-order valence-electron chi connectivity index (χ1n) is 5.26. The van der Waals surface area contributed by atoms with Gasteiger partial charge < -0.3 is 5.11 Å². The van der Waals surface area contributed by atoms with Gasteiger partial charge in [-0.1, -0.05) is 0 Å². The number of thioether (sulfide) groups is 1. The molecule has 2 aliphatic rings. The summed E-state index contributed by atoms with van der Waals surface area (Å²) in [6.45, 7) is 0. The molecule has 2 rings (SSSR count). The second-order valence-electron chi connectivity index (χ2n) is 4.31. The molecule has 10 heteroatoms. The molecule has 104 valence electrons. The molecule has 0 aromatic heterocycles. The Hall–Kier alpha value is -0.320. The van der Waals surface area contributed by atoms with Crippen LogP contribution >= 0.6 is 11.8 Å². The maximum absolute atomic E-state index is 12.2. The Morgan fingerprint density at radius 1 is 1.39 bits per heavy atom. The van der Waals surface area contributed by atoms with Crippen LogP contribution < -0.4 is 0 Å². The van der Waals surface area contributed by atoms with Gasteiger partial charge >= 0.3 is 5.97 Å². The quantitative estimate of drug-likeness (QED) is 0.708. The summed E-state index contributed by atoms with van der Waals surface area (Å²) in [6, 6.07) is -1.08. The van der Waals surface area contributed by atoms with E-state index in [0.717, 1.165) is 4.31 Å². The van der Waals surface area contributed by atoms with Gasteiger partial charge in [0.1, 0.15) is 6.04 Å². The molecule has 0 amide bonds. The van der Waals surface area contributed by atoms with E-state index in [9.17, 15) is 21.6 Å². The molecule has 2 fully saturated rings. The van der Waals surface area contributed by atoms with Crippen LogP contribution in [0.5, 0.6) is 0 Å². The van der Waals surface area contributed by atoms with Gasteiger partial charge in [0.2, 0.25) is 10.0 Å². The van der Waals surface area contributed by atoms with E-state index < -0.39 is 42.9 Å². The number of sulfonamides is 1. The predicted molar refractivity (Wildman–Crippen MR) is 66.6 cm³/mol. The summed E-state index contributed by atoms with van der Waals surface area (Å²) in [7, 11) is -7.16. The predicted octanol–water partition coefficient (Wildman–Crippen LogP) is -1.04. The summed E-state index contributed by atoms with van der Waals surface area (Å²) in [5.74, 6) is -1.45. The highest BCUT2D eigenvalue weighted by atomic mass is 32.2. The summed E-state index contributed by atoms with van der Waals surface area (Å²) in [4.78, 5) is 11.0. The van der Waals surface area contributed by atoms with Crippen LogP contribution in [0, 0.1) is 0 Å². The minimum Gasteiger partial charge on any atom is -0.480 e. The number of nitrogens with zero attached hydrogens (tertiary/aromatic N) is 1. The SMILES string of the molecule is O=C(O)C1CSCN1S(=O)(=O)C1CCS(=O)(=O)C1. The number of hydrogen-bond acceptors (Lipinski definition) is 6. The zero-order valence-corrected chi connectivity index (χ0v) is 11.8. The summed E-state index contributed by atoms with van der Waals surface area (Å²) in [5.41, 5.74) is 0. The molecule has 0 saturated carbocycles. The summed E-state index contributed by atoms with van der Waals surface area (Å²) in [5, 5.41) is 7.96. The molecule has 2 heterocycles. The third-order valence-corrected chi connectivity index (χ3v) is 8.50. The maximum atomic E-state index is 12.2. The summed E-state index contributed by atoms with van der Waals surface area (Å²) < 4.78 is 48.0. The Morgan fingerprint density at radius 2 is 2.06 bits per heavy atom. The summed E-state index contributed by atoms with van der Waals surface area (Å²) in [6.07, 6.45) is 0.0537. The van der Waals surface area contributed by atoms with Crippen molar-refractivity contribution in [1.82, 2.24) is 4.31 Å². The van der Waals surface area contributed by atoms with Gasteiger partial charge in [0.05, 0.1) is 22.6 Å². The normalized spacial score (nSPS) is 32.7. The van der Waals surface area contributed by atoms with Gasteiger partial charge in [-0.2, -0.15) is 4.31 Å². The van der Waals surface area contributed by atoms with E-state index in [0.29, 0.717) is 0 Å². The van der Waals surface area contributed by atoms with Crippen molar-refractivity contribution < 1.29 is 26.7 Å². The van der Waals surface area contributed by atoms with Gasteiger partial charge in [0, 0.05) is 5.75 Å². The molecule has 1 N–H and O–H groups in total. The van der Waals surface area contributed by atoms with E-state index in [2.05, 4.69) is 0 Å². The number of carbonyl (C=O) groups is 1. The summed E-state index contributed by atoms with van der Waals surface area (Å²) >= 11 is 1.22. The molecule has 2 aliphatic heterocycles. The number of sulfone groups is 1. The van der Waals surface area contributed by atoms with E-state index >= 15 is 0 Å². The lowest BCUT2D eigenvalue weighted by molar-refractivity contribution is -0.140. The zero-order valence-electron chi connectivity index (χ0n) is 9.35. The molecule has 0 aliphatic carbocycles. The largest absolute Gasteiger partial charge is 0.480 e. The molecule has 0 spiro atoms. The third kappa shape index (κ3) is 2.51. The van der Waals surface area contributed by atoms with E-state index in [1.807, 2.05) is 0 Å². The van der Waals surface area contributed by atoms with Crippen LogP contribution in [0.2, 0.25) is 0 Å². The first-order chi connectivity index (χ1) is 8.24. The third-order valence-electron chi connectivity index (χ3n) is 3.07. The van der Waals surface area contributed by atoms with Crippen molar-refractivity contribution in [2.45, 2.75) is 17.7 Å². The Balaban J connectivity index is 2.24. The Kier molecular flexibility index (Phi) is 3.65. The topological polar surface area (TPSA) is 109 Å². The standard InChI is InChI=1S/C8H13NO6S3/c10-8(11)7-3-16-5-9(7)18(14,15)6-1-2-17(12,13)4-6/h6-7H,1-5H2,(H,10,11). The number of rotatable bonds is 3. The van der Waals surface area contributed by atoms with Crippen LogP contribution in [0.15, 0.2) is 0 Å². The first kappa shape index (κ1) is 14.1. The number of carboxylic acids is 1. The van der Waals surface area contributed by atoms with Gasteiger partial charge in [-0.05, 0) is 6.42 Å². The first-order valence-corrected chi connectivity index (χ1v) is 9.73. The highest BCUT2D eigenvalue weighted by Gasteiger charge is 2.46. The Bertz CT molecular complexity index is 553. The van der Waals surface area contributed by atoms with Crippen molar-refractivity contribution in [3.63, 3.8) is 0 Å². The Labute approximate surface area is 110 Å². The van der Waals surface area contributed by atoms with Crippen LogP contribution in [0.1, 0.15) is 6.42 Å². The highest BCUT2D eigenvalue weighted by molar-refractivity contribution is 8.01. The fourth-order valence-electron chi connectivity index (χ4n) is 2.06. The molecular weight excluding hydrogens is 302 g/mol. The van der Waals surface area contributed by atoms with Gasteiger partial charge in [0.15, 0.2) is 9.84 Å². The molecule has 0 aromatic rings. The minimum absolute atomic E-state index is 0.0537. The van der Waals surface area contributed by atoms with E-state index in [1.54, 1.807) is 0 Å². The van der Waals surface area contributed by atoms with Crippen LogP contribution in [-0.4, -0.2) is 66.6 Å². The lowest BCUT2D eigenvalue weighted by Crippen LogP contribution is -2.46. The van der Waals surface area contributed by atoms with Gasteiger partial charge in [-0.3, -0.25) is 4.79 Å². The van der Waals surface area contributed by atoms with E-state index in [-0.39, 0.29) is 23.8 Å². The van der Waals surface area contributed by atoms with Crippen molar-refractivity contribution in [3.8, 4) is 0 Å². The zero-order chi connectivity index (χ0) is 13.6. The number of carboxylic acid groups (broad SMARTS) is 1. The second-order valence-corrected chi connectivity index (χ2v) is 9.71. The molecule has 0 bridgehead atoms. The van der Waals surface area contributed by atoms with Crippen molar-refractivity contribution >= 4 is 37.6 Å². The molecule has 18 heavy (non-hydrogen) atoms. The lowest BCUT2D eigenvalue weighted by Gasteiger charge is -2.23. The van der Waals surface area contributed by atoms with E-state index in [1.165, 1.54) is 11.8 Å². The molecule has 0 aromatic carbocycles. The molecule has 7 nitrogen and oxygen atoms in total. The smallest absolute Gasteiger partial charge is 0.322 e. The van der Waals surface area contributed by atoms with Crippen LogP contribution in [-0.2, 0) is 24.7 Å². The molecule has 2 atom stereocenters. The maximum Gasteiger partial charge on any atom is 0.322 e. The second kappa shape index (κ2) is 4.66. The van der Waals surface area contributed by atoms with Crippen LogP contribution in [0.3, 0.4) is 0 Å². The molecule has 2 saturated heterocycles. The average Bonchev–Trinajstić information content (AvgIpc) is 2.83. The van der Waals surface area contributed by atoms with Crippen LogP contribution in [0.25, 0.3) is 0 Å². The number of aliphatic carboxylic acids is 1.